The van der Waals surface area contributed by atoms with Crippen molar-refractivity contribution in [2.75, 3.05) is 6.61 Å². The van der Waals surface area contributed by atoms with Crippen LogP contribution in [0.25, 0.3) is 11.5 Å². The molecule has 4 nitrogen and oxygen atoms in total. The first-order chi connectivity index (χ1) is 11.6. The van der Waals surface area contributed by atoms with Gasteiger partial charge in [0.15, 0.2) is 0 Å². The molecule has 0 unspecified atom stereocenters. The number of oxazole rings is 1. The number of benzene rings is 2. The molecule has 3 aromatic rings. The van der Waals surface area contributed by atoms with E-state index in [9.17, 15) is 0 Å². The van der Waals surface area contributed by atoms with Crippen molar-refractivity contribution in [3.8, 4) is 17.2 Å². The highest BCUT2D eigenvalue weighted by atomic mass is 16.5. The molecule has 0 aliphatic rings. The summed E-state index contributed by atoms with van der Waals surface area (Å²) in [5, 5.41) is 0. The van der Waals surface area contributed by atoms with Crippen molar-refractivity contribution in [2.24, 2.45) is 5.73 Å². The van der Waals surface area contributed by atoms with Gasteiger partial charge in [0.2, 0.25) is 5.89 Å². The summed E-state index contributed by atoms with van der Waals surface area (Å²) in [7, 11) is 0. The first-order valence-corrected chi connectivity index (χ1v) is 8.13. The largest absolute Gasteiger partial charge is 0.493 e. The molecule has 0 bridgehead atoms. The first kappa shape index (κ1) is 18.7. The van der Waals surface area contributed by atoms with Crippen LogP contribution in [0.3, 0.4) is 0 Å². The Bertz CT molecular complexity index is 777. The monoisotopic (exact) mass is 338 g/mol. The Morgan fingerprint density at radius 3 is 2.40 bits per heavy atom. The van der Waals surface area contributed by atoms with Gasteiger partial charge in [-0.25, -0.2) is 4.98 Å². The molecule has 0 aliphatic carbocycles. The summed E-state index contributed by atoms with van der Waals surface area (Å²) in [5.41, 5.74) is 8.86. The van der Waals surface area contributed by atoms with Gasteiger partial charge >= 0.3 is 0 Å². The van der Waals surface area contributed by atoms with E-state index < -0.39 is 0 Å². The van der Waals surface area contributed by atoms with E-state index in [1.54, 1.807) is 0 Å². The second-order valence-electron chi connectivity index (χ2n) is 5.84. The number of hydrogen-bond acceptors (Lipinski definition) is 4. The van der Waals surface area contributed by atoms with Crippen molar-refractivity contribution in [3.63, 3.8) is 0 Å². The molecule has 1 heterocycles. The molecule has 4 heteroatoms. The average Bonchev–Trinajstić information content (AvgIpc) is 2.97. The standard InChI is InChI=1S/C20H22N2O2.CH4/c1-14(21)16-8-10-18(11-9-16)23-13-12-19-15(2)24-20(22-19)17-6-4-3-5-7-17;/h3-11,14H,12-13,21H2,1-2H3;1H4/t14-;/m1./s1. The van der Waals surface area contributed by atoms with Crippen molar-refractivity contribution in [1.82, 2.24) is 4.98 Å². The Hall–Kier alpha value is -2.59. The Balaban J connectivity index is 0.00000225. The van der Waals surface area contributed by atoms with Gasteiger partial charge in [0, 0.05) is 18.0 Å². The predicted octanol–water partition coefficient (Wildman–Crippen LogP) is 4.93. The van der Waals surface area contributed by atoms with Crippen LogP contribution in [0.4, 0.5) is 0 Å². The molecular formula is C21H26N2O2. The molecule has 0 fully saturated rings. The van der Waals surface area contributed by atoms with Crippen molar-refractivity contribution in [2.45, 2.75) is 33.7 Å². The Kier molecular flexibility index (Phi) is 6.37. The summed E-state index contributed by atoms with van der Waals surface area (Å²) in [5.74, 6) is 2.33. The number of nitrogens with zero attached hydrogens (tertiary/aromatic N) is 1. The molecule has 2 N–H and O–H groups in total. The maximum atomic E-state index is 5.85. The molecule has 25 heavy (non-hydrogen) atoms. The van der Waals surface area contributed by atoms with Gasteiger partial charge in [0.25, 0.3) is 0 Å². The van der Waals surface area contributed by atoms with E-state index >= 15 is 0 Å². The van der Waals surface area contributed by atoms with E-state index in [1.165, 1.54) is 0 Å². The summed E-state index contributed by atoms with van der Waals surface area (Å²) < 4.78 is 11.6. The Morgan fingerprint density at radius 1 is 1.08 bits per heavy atom. The van der Waals surface area contributed by atoms with Gasteiger partial charge in [-0.1, -0.05) is 37.8 Å². The molecule has 1 aromatic heterocycles. The Morgan fingerprint density at radius 2 is 1.76 bits per heavy atom. The zero-order valence-corrected chi connectivity index (χ0v) is 14.0. The topological polar surface area (TPSA) is 61.3 Å². The molecule has 0 saturated carbocycles. The van der Waals surface area contributed by atoms with E-state index in [4.69, 9.17) is 14.9 Å². The third-order valence-electron chi connectivity index (χ3n) is 3.93. The maximum absolute atomic E-state index is 5.85. The molecule has 2 aromatic carbocycles. The normalized spacial score (nSPS) is 11.6. The molecule has 0 saturated heterocycles. The Labute approximate surface area is 149 Å². The van der Waals surface area contributed by atoms with Crippen LogP contribution < -0.4 is 10.5 Å². The minimum absolute atomic E-state index is 0. The van der Waals surface area contributed by atoms with Crippen molar-refractivity contribution in [1.29, 1.82) is 0 Å². The van der Waals surface area contributed by atoms with Crippen LogP contribution in [-0.2, 0) is 6.42 Å². The fraction of sp³-hybridized carbons (Fsp3) is 0.286. The van der Waals surface area contributed by atoms with E-state index in [1.807, 2.05) is 68.4 Å². The third kappa shape index (κ3) is 4.70. The summed E-state index contributed by atoms with van der Waals surface area (Å²) >= 11 is 0. The van der Waals surface area contributed by atoms with E-state index in [0.717, 1.165) is 28.3 Å². The third-order valence-corrected chi connectivity index (χ3v) is 3.93. The fourth-order valence-electron chi connectivity index (χ4n) is 2.50. The maximum Gasteiger partial charge on any atom is 0.226 e. The second kappa shape index (κ2) is 8.49. The van der Waals surface area contributed by atoms with Gasteiger partial charge < -0.3 is 14.9 Å². The van der Waals surface area contributed by atoms with Crippen LogP contribution in [0, 0.1) is 6.92 Å². The summed E-state index contributed by atoms with van der Waals surface area (Å²) in [6, 6.07) is 17.8. The lowest BCUT2D eigenvalue weighted by Crippen LogP contribution is -2.05. The molecule has 0 radical (unpaired) electrons. The van der Waals surface area contributed by atoms with Gasteiger partial charge in [-0.05, 0) is 43.7 Å². The molecular weight excluding hydrogens is 312 g/mol. The fourth-order valence-corrected chi connectivity index (χ4v) is 2.50. The minimum atomic E-state index is 0. The molecule has 0 amide bonds. The molecule has 0 spiro atoms. The SMILES string of the molecule is C.Cc1oc(-c2ccccc2)nc1CCOc1ccc([C@@H](C)N)cc1. The lowest BCUT2D eigenvalue weighted by atomic mass is 10.1. The van der Waals surface area contributed by atoms with Crippen LogP contribution in [-0.4, -0.2) is 11.6 Å². The molecule has 3 rings (SSSR count). The lowest BCUT2D eigenvalue weighted by Gasteiger charge is -2.08. The molecule has 132 valence electrons. The van der Waals surface area contributed by atoms with Gasteiger partial charge in [-0.15, -0.1) is 0 Å². The smallest absolute Gasteiger partial charge is 0.226 e. The second-order valence-corrected chi connectivity index (χ2v) is 5.84. The summed E-state index contributed by atoms with van der Waals surface area (Å²) in [4.78, 5) is 4.59. The van der Waals surface area contributed by atoms with Gasteiger partial charge in [0.05, 0.1) is 12.3 Å². The van der Waals surface area contributed by atoms with Crippen LogP contribution in [0.2, 0.25) is 0 Å². The predicted molar refractivity (Wildman–Crippen MR) is 102 cm³/mol. The average molecular weight is 338 g/mol. The quantitative estimate of drug-likeness (QED) is 0.692. The van der Waals surface area contributed by atoms with Crippen molar-refractivity contribution >= 4 is 0 Å². The zero-order chi connectivity index (χ0) is 16.9. The van der Waals surface area contributed by atoms with Gasteiger partial charge in [-0.2, -0.15) is 0 Å². The van der Waals surface area contributed by atoms with Gasteiger partial charge in [0.1, 0.15) is 11.5 Å². The van der Waals surface area contributed by atoms with E-state index in [0.29, 0.717) is 18.9 Å². The minimum Gasteiger partial charge on any atom is -0.493 e. The van der Waals surface area contributed by atoms with Crippen molar-refractivity contribution in [3.05, 3.63) is 71.6 Å². The van der Waals surface area contributed by atoms with Crippen LogP contribution in [0.15, 0.2) is 59.0 Å². The number of ether oxygens (including phenoxy) is 1. The summed E-state index contributed by atoms with van der Waals surface area (Å²) in [6.07, 6.45) is 0.706. The highest BCUT2D eigenvalue weighted by Crippen LogP contribution is 2.22. The number of hydrogen-bond donors (Lipinski definition) is 1. The number of aromatic nitrogens is 1. The van der Waals surface area contributed by atoms with E-state index in [2.05, 4.69) is 4.98 Å². The van der Waals surface area contributed by atoms with Crippen LogP contribution >= 0.6 is 0 Å². The number of nitrogens with two attached hydrogens (primary N) is 1. The van der Waals surface area contributed by atoms with Crippen molar-refractivity contribution < 1.29 is 9.15 Å². The van der Waals surface area contributed by atoms with E-state index in [-0.39, 0.29) is 13.5 Å². The highest BCUT2D eigenvalue weighted by Gasteiger charge is 2.11. The first-order valence-electron chi connectivity index (χ1n) is 8.13. The van der Waals surface area contributed by atoms with Crippen LogP contribution in [0.5, 0.6) is 5.75 Å². The van der Waals surface area contributed by atoms with Crippen LogP contribution in [0.1, 0.15) is 37.4 Å². The number of aryl methyl sites for hydroxylation is 1. The highest BCUT2D eigenvalue weighted by molar-refractivity contribution is 5.53. The van der Waals surface area contributed by atoms with Gasteiger partial charge in [-0.3, -0.25) is 0 Å². The zero-order valence-electron chi connectivity index (χ0n) is 14.0. The molecule has 0 aliphatic heterocycles. The number of rotatable bonds is 6. The summed E-state index contributed by atoms with van der Waals surface area (Å²) in [6.45, 7) is 4.46. The molecule has 1 atom stereocenters. The lowest BCUT2D eigenvalue weighted by molar-refractivity contribution is 0.320.